The van der Waals surface area contributed by atoms with E-state index in [1.165, 1.54) is 0 Å². The number of halogens is 1. The molecule has 1 amide bonds. The van der Waals surface area contributed by atoms with Crippen LogP contribution in [0.15, 0.2) is 35.5 Å². The average Bonchev–Trinajstić information content (AvgIpc) is 2.89. The van der Waals surface area contributed by atoms with Crippen LogP contribution < -0.4 is 0 Å². The molecule has 0 spiro atoms. The van der Waals surface area contributed by atoms with Crippen molar-refractivity contribution in [2.45, 2.75) is 6.54 Å². The van der Waals surface area contributed by atoms with Gasteiger partial charge in [0, 0.05) is 31.4 Å². The second kappa shape index (κ2) is 5.26. The monoisotopic (exact) mass is 300 g/mol. The number of carbonyl (C=O) groups excluding carboxylic acids is 1. The van der Waals surface area contributed by atoms with Crippen LogP contribution in [0.4, 0.5) is 0 Å². The third-order valence-corrected chi connectivity index (χ3v) is 3.48. The normalized spacial score (nSPS) is 12.8. The number of hydrogen-bond donors (Lipinski definition) is 0. The Morgan fingerprint density at radius 3 is 2.81 bits per heavy atom. The highest BCUT2D eigenvalue weighted by molar-refractivity contribution is 6.28. The van der Waals surface area contributed by atoms with Crippen molar-refractivity contribution in [3.8, 4) is 0 Å². The van der Waals surface area contributed by atoms with E-state index in [1.807, 2.05) is 18.2 Å². The molecule has 0 saturated carbocycles. The maximum atomic E-state index is 12.1. The molecule has 0 bridgehead atoms. The van der Waals surface area contributed by atoms with Gasteiger partial charge in [-0.15, -0.1) is 0 Å². The lowest BCUT2D eigenvalue weighted by molar-refractivity contribution is 0.0827. The molecule has 5 nitrogen and oxygen atoms in total. The number of carbonyl (C=O) groups is 1. The Bertz CT molecular complexity index is 755. The van der Waals surface area contributed by atoms with Gasteiger partial charge in [-0.2, -0.15) is 0 Å². The van der Waals surface area contributed by atoms with Gasteiger partial charge in [-0.3, -0.25) is 9.79 Å². The van der Waals surface area contributed by atoms with E-state index in [0.717, 1.165) is 16.8 Å². The fraction of sp³-hybridized carbons (Fsp3) is 0.200. The Labute approximate surface area is 127 Å². The molecule has 0 aliphatic carbocycles. The SMILES string of the molecule is CN(C)C(=O)c1ccc2c(c1)C(c1ccnc(Cl)n1)=NC2. The summed E-state index contributed by atoms with van der Waals surface area (Å²) in [7, 11) is 3.46. The van der Waals surface area contributed by atoms with E-state index in [9.17, 15) is 4.79 Å². The van der Waals surface area contributed by atoms with E-state index in [4.69, 9.17) is 11.6 Å². The van der Waals surface area contributed by atoms with Crippen LogP contribution in [0.2, 0.25) is 5.28 Å². The topological polar surface area (TPSA) is 58.5 Å². The van der Waals surface area contributed by atoms with Gasteiger partial charge in [-0.1, -0.05) is 6.07 Å². The highest BCUT2D eigenvalue weighted by Gasteiger charge is 2.21. The molecule has 3 rings (SSSR count). The van der Waals surface area contributed by atoms with Crippen molar-refractivity contribution < 1.29 is 4.79 Å². The molecule has 106 valence electrons. The molecule has 0 unspecified atom stereocenters. The first-order chi connectivity index (χ1) is 10.1. The number of hydrogen-bond acceptors (Lipinski definition) is 4. The van der Waals surface area contributed by atoms with Crippen molar-refractivity contribution >= 4 is 23.2 Å². The van der Waals surface area contributed by atoms with Crippen molar-refractivity contribution in [2.75, 3.05) is 14.1 Å². The maximum absolute atomic E-state index is 12.1. The van der Waals surface area contributed by atoms with Crippen molar-refractivity contribution in [1.29, 1.82) is 0 Å². The average molecular weight is 301 g/mol. The van der Waals surface area contributed by atoms with Gasteiger partial charge in [0.2, 0.25) is 5.28 Å². The molecule has 6 heteroatoms. The molecule has 1 aromatic carbocycles. The van der Waals surface area contributed by atoms with Gasteiger partial charge in [0.15, 0.2) is 0 Å². The predicted molar refractivity (Wildman–Crippen MR) is 80.8 cm³/mol. The van der Waals surface area contributed by atoms with E-state index in [2.05, 4.69) is 15.0 Å². The summed E-state index contributed by atoms with van der Waals surface area (Å²) in [5.74, 6) is -0.0373. The first kappa shape index (κ1) is 13.7. The van der Waals surface area contributed by atoms with Crippen molar-refractivity contribution in [2.24, 2.45) is 4.99 Å². The minimum absolute atomic E-state index is 0.0373. The zero-order valence-corrected chi connectivity index (χ0v) is 12.4. The minimum Gasteiger partial charge on any atom is -0.345 e. The summed E-state index contributed by atoms with van der Waals surface area (Å²) in [6, 6.07) is 7.39. The van der Waals surface area contributed by atoms with Crippen LogP contribution in [0.25, 0.3) is 0 Å². The van der Waals surface area contributed by atoms with Crippen molar-refractivity contribution in [1.82, 2.24) is 14.9 Å². The van der Waals surface area contributed by atoms with Gasteiger partial charge in [-0.05, 0) is 35.4 Å². The zero-order chi connectivity index (χ0) is 15.0. The molecule has 2 heterocycles. The smallest absolute Gasteiger partial charge is 0.253 e. The summed E-state index contributed by atoms with van der Waals surface area (Å²) in [6.45, 7) is 0.586. The summed E-state index contributed by atoms with van der Waals surface area (Å²) in [5, 5.41) is 0.184. The first-order valence-corrected chi connectivity index (χ1v) is 6.82. The maximum Gasteiger partial charge on any atom is 0.253 e. The van der Waals surface area contributed by atoms with Crippen LogP contribution in [0.1, 0.15) is 27.2 Å². The Hall–Kier alpha value is -2.27. The lowest BCUT2D eigenvalue weighted by atomic mass is 10.00. The molecular weight excluding hydrogens is 288 g/mol. The Kier molecular flexibility index (Phi) is 3.43. The Morgan fingerprint density at radius 2 is 2.10 bits per heavy atom. The second-order valence-corrected chi connectivity index (χ2v) is 5.29. The molecule has 1 aliphatic rings. The molecule has 0 radical (unpaired) electrons. The lowest BCUT2D eigenvalue weighted by Gasteiger charge is -2.11. The fourth-order valence-electron chi connectivity index (χ4n) is 2.26. The summed E-state index contributed by atoms with van der Waals surface area (Å²) in [4.78, 5) is 26.2. The number of nitrogens with zero attached hydrogens (tertiary/aromatic N) is 4. The third kappa shape index (κ3) is 2.52. The number of rotatable bonds is 2. The summed E-state index contributed by atoms with van der Waals surface area (Å²) in [5.41, 5.74) is 4.06. The quantitative estimate of drug-likeness (QED) is 0.799. The largest absolute Gasteiger partial charge is 0.345 e. The number of fused-ring (bicyclic) bond motifs is 1. The molecule has 0 fully saturated rings. The van der Waals surface area contributed by atoms with Crippen LogP contribution in [0, 0.1) is 0 Å². The van der Waals surface area contributed by atoms with Gasteiger partial charge < -0.3 is 4.90 Å². The number of aliphatic imine (C=N–C) groups is 1. The van der Waals surface area contributed by atoms with Crippen LogP contribution in [-0.4, -0.2) is 40.6 Å². The fourth-order valence-corrected chi connectivity index (χ4v) is 2.41. The van der Waals surface area contributed by atoms with Crippen LogP contribution in [0.3, 0.4) is 0 Å². The van der Waals surface area contributed by atoms with Crippen LogP contribution in [0.5, 0.6) is 0 Å². The summed E-state index contributed by atoms with van der Waals surface area (Å²) < 4.78 is 0. The van der Waals surface area contributed by atoms with Gasteiger partial charge in [0.05, 0.1) is 18.0 Å². The highest BCUT2D eigenvalue weighted by atomic mass is 35.5. The van der Waals surface area contributed by atoms with E-state index >= 15 is 0 Å². The van der Waals surface area contributed by atoms with E-state index in [1.54, 1.807) is 31.3 Å². The minimum atomic E-state index is -0.0373. The zero-order valence-electron chi connectivity index (χ0n) is 11.7. The molecular formula is C15H13ClN4O. The molecule has 1 aliphatic heterocycles. The number of benzene rings is 1. The van der Waals surface area contributed by atoms with E-state index in [-0.39, 0.29) is 11.2 Å². The standard InChI is InChI=1S/C15H13ClN4O/c1-20(2)14(21)9-3-4-10-8-18-13(11(10)7-9)12-5-6-17-15(16)19-12/h3-7H,8H2,1-2H3. The van der Waals surface area contributed by atoms with Crippen LogP contribution in [-0.2, 0) is 6.54 Å². The summed E-state index contributed by atoms with van der Waals surface area (Å²) in [6.07, 6.45) is 1.60. The van der Waals surface area contributed by atoms with Crippen molar-refractivity contribution in [3.05, 3.63) is 58.1 Å². The van der Waals surface area contributed by atoms with E-state index < -0.39 is 0 Å². The molecule has 0 atom stereocenters. The lowest BCUT2D eigenvalue weighted by Crippen LogP contribution is -2.22. The second-order valence-electron chi connectivity index (χ2n) is 4.95. The molecule has 2 aromatic rings. The van der Waals surface area contributed by atoms with Gasteiger partial charge in [-0.25, -0.2) is 9.97 Å². The summed E-state index contributed by atoms with van der Waals surface area (Å²) >= 11 is 5.84. The van der Waals surface area contributed by atoms with Crippen molar-refractivity contribution in [3.63, 3.8) is 0 Å². The first-order valence-electron chi connectivity index (χ1n) is 6.44. The Morgan fingerprint density at radius 1 is 1.29 bits per heavy atom. The number of aromatic nitrogens is 2. The predicted octanol–water partition coefficient (Wildman–Crippen LogP) is 2.18. The highest BCUT2D eigenvalue weighted by Crippen LogP contribution is 2.24. The number of amides is 1. The third-order valence-electron chi connectivity index (χ3n) is 3.29. The molecule has 0 saturated heterocycles. The van der Waals surface area contributed by atoms with Crippen LogP contribution >= 0.6 is 11.6 Å². The molecule has 21 heavy (non-hydrogen) atoms. The Balaban J connectivity index is 2.04. The molecule has 1 aromatic heterocycles. The van der Waals surface area contributed by atoms with Gasteiger partial charge >= 0.3 is 0 Å². The van der Waals surface area contributed by atoms with E-state index in [0.29, 0.717) is 17.8 Å². The van der Waals surface area contributed by atoms with Gasteiger partial charge in [0.1, 0.15) is 0 Å². The van der Waals surface area contributed by atoms with Gasteiger partial charge in [0.25, 0.3) is 5.91 Å². The molecule has 0 N–H and O–H groups in total.